The average Bonchev–Trinajstić information content (AvgIpc) is 2.39. The van der Waals surface area contributed by atoms with E-state index in [4.69, 9.17) is 18.0 Å². The Hall–Kier alpha value is -1.31. The van der Waals surface area contributed by atoms with Crippen molar-refractivity contribution in [1.82, 2.24) is 19.8 Å². The zero-order valence-electron chi connectivity index (χ0n) is 12.3. The number of hydrogen-bond donors (Lipinski definition) is 2. The summed E-state index contributed by atoms with van der Waals surface area (Å²) in [5.41, 5.74) is 7.10. The minimum Gasteiger partial charge on any atom is -0.388 e. The summed E-state index contributed by atoms with van der Waals surface area (Å²) in [5, 5.41) is 3.30. The molecular weight excluding hydrogens is 272 g/mol. The number of anilines is 1. The Morgan fingerprint density at radius 3 is 2.90 bits per heavy atom. The van der Waals surface area contributed by atoms with Gasteiger partial charge in [-0.2, -0.15) is 0 Å². The first-order chi connectivity index (χ1) is 9.45. The Morgan fingerprint density at radius 2 is 2.20 bits per heavy atom. The fraction of sp³-hybridized carbons (Fsp3) is 0.615. The number of rotatable bonds is 4. The van der Waals surface area contributed by atoms with E-state index in [9.17, 15) is 0 Å². The van der Waals surface area contributed by atoms with Crippen LogP contribution in [0.25, 0.3) is 0 Å². The molecule has 0 saturated carbocycles. The van der Waals surface area contributed by atoms with Crippen LogP contribution in [0.4, 0.5) is 5.95 Å². The van der Waals surface area contributed by atoms with E-state index in [1.165, 1.54) is 0 Å². The Bertz CT molecular complexity index is 492. The highest BCUT2D eigenvalue weighted by atomic mass is 32.1. The number of thiocarbonyl (C=S) groups is 1. The molecule has 1 unspecified atom stereocenters. The Balaban J connectivity index is 2.01. The van der Waals surface area contributed by atoms with E-state index in [2.05, 4.69) is 39.2 Å². The van der Waals surface area contributed by atoms with Gasteiger partial charge < -0.3 is 16.0 Å². The van der Waals surface area contributed by atoms with E-state index < -0.39 is 0 Å². The highest BCUT2D eigenvalue weighted by Gasteiger charge is 2.22. The predicted molar refractivity (Wildman–Crippen MR) is 85.1 cm³/mol. The van der Waals surface area contributed by atoms with Crippen molar-refractivity contribution in [1.29, 1.82) is 0 Å². The van der Waals surface area contributed by atoms with Crippen molar-refractivity contribution >= 4 is 23.2 Å². The molecule has 2 rings (SSSR count). The Labute approximate surface area is 125 Å². The van der Waals surface area contributed by atoms with E-state index in [0.717, 1.165) is 31.9 Å². The molecule has 0 aliphatic carbocycles. The summed E-state index contributed by atoms with van der Waals surface area (Å²) in [7, 11) is 4.30. The second-order valence-corrected chi connectivity index (χ2v) is 5.80. The third kappa shape index (κ3) is 3.84. The molecule has 2 heterocycles. The van der Waals surface area contributed by atoms with Gasteiger partial charge in [0.25, 0.3) is 0 Å². The number of aryl methyl sites for hydroxylation is 1. The molecule has 0 radical (unpaired) electrons. The molecule has 20 heavy (non-hydrogen) atoms. The van der Waals surface area contributed by atoms with Crippen molar-refractivity contribution in [2.75, 3.05) is 45.6 Å². The van der Waals surface area contributed by atoms with Crippen molar-refractivity contribution in [2.24, 2.45) is 5.73 Å². The summed E-state index contributed by atoms with van der Waals surface area (Å²) < 4.78 is 0. The van der Waals surface area contributed by atoms with Gasteiger partial charge in [-0.3, -0.25) is 4.90 Å². The highest BCUT2D eigenvalue weighted by Crippen LogP contribution is 2.09. The molecule has 1 aromatic heterocycles. The lowest BCUT2D eigenvalue weighted by molar-refractivity contribution is 0.121. The summed E-state index contributed by atoms with van der Waals surface area (Å²) in [6, 6.07) is 2.25. The third-order valence-electron chi connectivity index (χ3n) is 3.58. The molecule has 0 bridgehead atoms. The van der Waals surface area contributed by atoms with Gasteiger partial charge in [-0.15, -0.1) is 0 Å². The maximum Gasteiger partial charge on any atom is 0.223 e. The number of nitrogens with zero attached hydrogens (tertiary/aromatic N) is 4. The molecule has 110 valence electrons. The zero-order valence-corrected chi connectivity index (χ0v) is 13.1. The maximum absolute atomic E-state index is 5.63. The molecule has 1 aromatic rings. The number of nitrogens with two attached hydrogens (primary N) is 1. The number of hydrogen-bond acceptors (Lipinski definition) is 6. The molecule has 7 heteroatoms. The molecule has 1 fully saturated rings. The highest BCUT2D eigenvalue weighted by molar-refractivity contribution is 7.80. The molecule has 6 nitrogen and oxygen atoms in total. The van der Waals surface area contributed by atoms with Gasteiger partial charge in [0.05, 0.1) is 0 Å². The second kappa shape index (κ2) is 6.43. The smallest absolute Gasteiger partial charge is 0.223 e. The van der Waals surface area contributed by atoms with Crippen LogP contribution in [0.1, 0.15) is 11.4 Å². The molecule has 1 atom stereocenters. The number of nitrogens with one attached hydrogen (secondary N) is 1. The fourth-order valence-corrected chi connectivity index (χ4v) is 2.41. The lowest BCUT2D eigenvalue weighted by atomic mass is 10.2. The summed E-state index contributed by atoms with van der Waals surface area (Å²) in [4.78, 5) is 13.7. The third-order valence-corrected chi connectivity index (χ3v) is 3.79. The number of aromatic nitrogens is 2. The number of piperazine rings is 1. The van der Waals surface area contributed by atoms with Gasteiger partial charge in [0.2, 0.25) is 5.95 Å². The Morgan fingerprint density at radius 1 is 1.45 bits per heavy atom. The standard InChI is InChI=1S/C13H22N6S/c1-9-6-11(12(14)20)17-13(16-9)15-7-10-8-18(2)4-5-19(10)3/h6,10H,4-5,7-8H2,1-3H3,(H2,14,20)(H,15,16,17). The molecule has 0 spiro atoms. The lowest BCUT2D eigenvalue weighted by Crippen LogP contribution is -2.52. The van der Waals surface area contributed by atoms with Gasteiger partial charge in [-0.1, -0.05) is 12.2 Å². The summed E-state index contributed by atoms with van der Waals surface area (Å²) in [6.07, 6.45) is 0. The molecule has 3 N–H and O–H groups in total. The van der Waals surface area contributed by atoms with Gasteiger partial charge in [0.15, 0.2) is 0 Å². The van der Waals surface area contributed by atoms with E-state index in [-0.39, 0.29) is 0 Å². The van der Waals surface area contributed by atoms with Crippen LogP contribution in [0, 0.1) is 6.92 Å². The van der Waals surface area contributed by atoms with Crippen LogP contribution in [-0.4, -0.2) is 71.1 Å². The quantitative estimate of drug-likeness (QED) is 0.762. The monoisotopic (exact) mass is 294 g/mol. The van der Waals surface area contributed by atoms with E-state index in [1.807, 2.05) is 6.92 Å². The zero-order chi connectivity index (χ0) is 14.7. The first kappa shape index (κ1) is 15.1. The summed E-state index contributed by atoms with van der Waals surface area (Å²) in [6.45, 7) is 5.95. The van der Waals surface area contributed by atoms with Crippen LogP contribution in [0.5, 0.6) is 0 Å². The molecule has 0 aromatic carbocycles. The SMILES string of the molecule is Cc1cc(C(N)=S)nc(NCC2CN(C)CCN2C)n1. The van der Waals surface area contributed by atoms with Crippen LogP contribution in [0.3, 0.4) is 0 Å². The topological polar surface area (TPSA) is 70.3 Å². The van der Waals surface area contributed by atoms with Crippen LogP contribution in [-0.2, 0) is 0 Å². The summed E-state index contributed by atoms with van der Waals surface area (Å²) >= 11 is 4.97. The van der Waals surface area contributed by atoms with Crippen molar-refractivity contribution in [3.63, 3.8) is 0 Å². The van der Waals surface area contributed by atoms with E-state index >= 15 is 0 Å². The average molecular weight is 294 g/mol. The van der Waals surface area contributed by atoms with E-state index in [0.29, 0.717) is 22.7 Å². The molecule has 1 aliphatic rings. The minimum atomic E-state index is 0.299. The van der Waals surface area contributed by atoms with Crippen molar-refractivity contribution < 1.29 is 0 Å². The molecular formula is C13H22N6S. The van der Waals surface area contributed by atoms with Gasteiger partial charge in [0.1, 0.15) is 10.7 Å². The Kier molecular flexibility index (Phi) is 4.85. The fourth-order valence-electron chi connectivity index (χ4n) is 2.30. The van der Waals surface area contributed by atoms with Crippen LogP contribution in [0.2, 0.25) is 0 Å². The predicted octanol–water partition coefficient (Wildman–Crippen LogP) is 0.0769. The first-order valence-corrected chi connectivity index (χ1v) is 7.14. The maximum atomic E-state index is 5.63. The van der Waals surface area contributed by atoms with Crippen molar-refractivity contribution in [3.8, 4) is 0 Å². The van der Waals surface area contributed by atoms with Gasteiger partial charge >= 0.3 is 0 Å². The molecule has 1 aliphatic heterocycles. The normalized spacial score (nSPS) is 20.9. The van der Waals surface area contributed by atoms with Crippen molar-refractivity contribution in [2.45, 2.75) is 13.0 Å². The van der Waals surface area contributed by atoms with Gasteiger partial charge in [-0.25, -0.2) is 9.97 Å². The van der Waals surface area contributed by atoms with Gasteiger partial charge in [0, 0.05) is 37.9 Å². The second-order valence-electron chi connectivity index (χ2n) is 5.36. The van der Waals surface area contributed by atoms with Crippen LogP contribution in [0.15, 0.2) is 6.07 Å². The van der Waals surface area contributed by atoms with Crippen LogP contribution >= 0.6 is 12.2 Å². The van der Waals surface area contributed by atoms with Crippen LogP contribution < -0.4 is 11.1 Å². The first-order valence-electron chi connectivity index (χ1n) is 6.74. The largest absolute Gasteiger partial charge is 0.388 e. The lowest BCUT2D eigenvalue weighted by Gasteiger charge is -2.37. The number of likely N-dealkylation sites (N-methyl/N-ethyl adjacent to an activating group) is 2. The summed E-state index contributed by atoms with van der Waals surface area (Å²) in [5.74, 6) is 0.592. The van der Waals surface area contributed by atoms with Gasteiger partial charge in [-0.05, 0) is 27.1 Å². The molecule has 1 saturated heterocycles. The van der Waals surface area contributed by atoms with E-state index in [1.54, 1.807) is 6.07 Å². The molecule has 0 amide bonds. The van der Waals surface area contributed by atoms with Crippen molar-refractivity contribution in [3.05, 3.63) is 17.5 Å². The minimum absolute atomic E-state index is 0.299.